The number of amides is 3. The third kappa shape index (κ3) is 4.66. The van der Waals surface area contributed by atoms with E-state index in [9.17, 15) is 14.4 Å². The van der Waals surface area contributed by atoms with Gasteiger partial charge in [-0.05, 0) is 55.7 Å². The number of rotatable bonds is 7. The van der Waals surface area contributed by atoms with Crippen LogP contribution in [-0.2, 0) is 20.9 Å². The summed E-state index contributed by atoms with van der Waals surface area (Å²) in [5.74, 6) is -0.0994. The van der Waals surface area contributed by atoms with Gasteiger partial charge in [-0.1, -0.05) is 25.3 Å². The molecule has 1 unspecified atom stereocenters. The van der Waals surface area contributed by atoms with Crippen molar-refractivity contribution in [3.05, 3.63) is 54.4 Å². The van der Waals surface area contributed by atoms with Gasteiger partial charge in [0, 0.05) is 24.9 Å². The number of nitrogens with zero attached hydrogens (tertiary/aromatic N) is 3. The zero-order chi connectivity index (χ0) is 22.5. The Labute approximate surface area is 188 Å². The third-order valence-corrected chi connectivity index (χ3v) is 6.22. The van der Waals surface area contributed by atoms with Crippen LogP contribution in [0.15, 0.2) is 48.8 Å². The predicted molar refractivity (Wildman–Crippen MR) is 120 cm³/mol. The maximum absolute atomic E-state index is 13.5. The first-order valence-corrected chi connectivity index (χ1v) is 11.4. The first-order chi connectivity index (χ1) is 15.6. The zero-order valence-corrected chi connectivity index (χ0v) is 18.4. The van der Waals surface area contributed by atoms with E-state index in [0.29, 0.717) is 18.0 Å². The molecular formula is C25H29N3O4. The van der Waals surface area contributed by atoms with E-state index in [1.807, 2.05) is 19.1 Å². The standard InChI is InChI=1S/C25H29N3O4/c1-2-32-21-12-10-20(11-13-21)28-23(29)15-22(25(28)31)27(17-18-7-6-14-26-16-18)24(30)19-8-4-3-5-9-19/h6-7,10-14,16,19,22H,2-5,8-9,15,17H2,1H3. The second-order valence-corrected chi connectivity index (χ2v) is 8.38. The van der Waals surface area contributed by atoms with Crippen LogP contribution in [0.2, 0.25) is 0 Å². The highest BCUT2D eigenvalue weighted by molar-refractivity contribution is 6.23. The van der Waals surface area contributed by atoms with Crippen LogP contribution in [-0.4, -0.2) is 40.3 Å². The molecule has 0 bridgehead atoms. The number of anilines is 1. The van der Waals surface area contributed by atoms with Gasteiger partial charge in [0.05, 0.1) is 18.7 Å². The molecule has 2 aliphatic rings. The lowest BCUT2D eigenvalue weighted by atomic mass is 9.87. The van der Waals surface area contributed by atoms with Gasteiger partial charge >= 0.3 is 0 Å². The van der Waals surface area contributed by atoms with Gasteiger partial charge in [0.1, 0.15) is 11.8 Å². The molecule has 0 spiro atoms. The molecule has 1 aromatic heterocycles. The largest absolute Gasteiger partial charge is 0.494 e. The molecular weight excluding hydrogens is 406 g/mol. The van der Waals surface area contributed by atoms with Crippen molar-refractivity contribution in [3.63, 3.8) is 0 Å². The Hall–Kier alpha value is -3.22. The van der Waals surface area contributed by atoms with Crippen LogP contribution in [0.25, 0.3) is 0 Å². The first-order valence-electron chi connectivity index (χ1n) is 11.4. The molecule has 3 amide bonds. The van der Waals surface area contributed by atoms with Gasteiger partial charge < -0.3 is 9.64 Å². The van der Waals surface area contributed by atoms with Crippen molar-refractivity contribution in [2.75, 3.05) is 11.5 Å². The van der Waals surface area contributed by atoms with Crippen LogP contribution in [0.4, 0.5) is 5.69 Å². The summed E-state index contributed by atoms with van der Waals surface area (Å²) in [6.07, 6.45) is 8.21. The lowest BCUT2D eigenvalue weighted by Gasteiger charge is -2.32. The van der Waals surface area contributed by atoms with E-state index >= 15 is 0 Å². The van der Waals surface area contributed by atoms with Gasteiger partial charge in [-0.3, -0.25) is 19.4 Å². The number of carbonyl (C=O) groups excluding carboxylic acids is 3. The lowest BCUT2D eigenvalue weighted by molar-refractivity contribution is -0.143. The fourth-order valence-corrected chi connectivity index (χ4v) is 4.60. The number of hydrogen-bond acceptors (Lipinski definition) is 5. The van der Waals surface area contributed by atoms with Gasteiger partial charge in [-0.2, -0.15) is 0 Å². The molecule has 7 heteroatoms. The molecule has 1 aromatic carbocycles. The highest BCUT2D eigenvalue weighted by atomic mass is 16.5. The predicted octanol–water partition coefficient (Wildman–Crippen LogP) is 3.72. The Kier molecular flexibility index (Phi) is 6.83. The summed E-state index contributed by atoms with van der Waals surface area (Å²) in [4.78, 5) is 46.8. The van der Waals surface area contributed by atoms with Crippen LogP contribution in [0.3, 0.4) is 0 Å². The minimum absolute atomic E-state index is 0.00916. The van der Waals surface area contributed by atoms with Crippen molar-refractivity contribution in [2.24, 2.45) is 5.92 Å². The van der Waals surface area contributed by atoms with E-state index in [2.05, 4.69) is 4.98 Å². The summed E-state index contributed by atoms with van der Waals surface area (Å²) in [6, 6.07) is 9.80. The van der Waals surface area contributed by atoms with Gasteiger partial charge in [0.25, 0.3) is 5.91 Å². The van der Waals surface area contributed by atoms with Gasteiger partial charge in [-0.25, -0.2) is 4.90 Å². The minimum Gasteiger partial charge on any atom is -0.494 e. The number of ether oxygens (including phenoxy) is 1. The van der Waals surface area contributed by atoms with Crippen LogP contribution in [0, 0.1) is 5.92 Å². The summed E-state index contributed by atoms with van der Waals surface area (Å²) in [5.41, 5.74) is 1.34. The molecule has 2 aromatic rings. The van der Waals surface area contributed by atoms with Crippen LogP contribution < -0.4 is 9.64 Å². The number of pyridine rings is 1. The molecule has 0 N–H and O–H groups in total. The van der Waals surface area contributed by atoms with E-state index in [-0.39, 0.29) is 36.6 Å². The van der Waals surface area contributed by atoms with Crippen molar-refractivity contribution in [1.82, 2.24) is 9.88 Å². The van der Waals surface area contributed by atoms with Crippen LogP contribution in [0.5, 0.6) is 5.75 Å². The molecule has 2 heterocycles. The Bertz CT molecular complexity index is 955. The SMILES string of the molecule is CCOc1ccc(N2C(=O)CC(N(Cc3cccnc3)C(=O)C3CCCCC3)C2=O)cc1. The van der Waals surface area contributed by atoms with Gasteiger partial charge in [-0.15, -0.1) is 0 Å². The highest BCUT2D eigenvalue weighted by Gasteiger charge is 2.45. The molecule has 0 radical (unpaired) electrons. The number of benzene rings is 1. The smallest absolute Gasteiger partial charge is 0.257 e. The molecule has 168 valence electrons. The van der Waals surface area contributed by atoms with Crippen LogP contribution in [0.1, 0.15) is 51.0 Å². The average molecular weight is 436 g/mol. The number of carbonyl (C=O) groups is 3. The van der Waals surface area contributed by atoms with E-state index in [4.69, 9.17) is 4.74 Å². The monoisotopic (exact) mass is 435 g/mol. The molecule has 4 rings (SSSR count). The van der Waals surface area contributed by atoms with E-state index in [1.165, 1.54) is 4.90 Å². The molecule has 1 aliphatic carbocycles. The normalized spacial score (nSPS) is 19.3. The Balaban J connectivity index is 1.59. The highest BCUT2D eigenvalue weighted by Crippen LogP contribution is 2.31. The molecule has 1 saturated heterocycles. The fourth-order valence-electron chi connectivity index (χ4n) is 4.60. The Morgan fingerprint density at radius 3 is 2.53 bits per heavy atom. The summed E-state index contributed by atoms with van der Waals surface area (Å²) < 4.78 is 5.45. The molecule has 7 nitrogen and oxygen atoms in total. The maximum Gasteiger partial charge on any atom is 0.257 e. The van der Waals surface area contributed by atoms with E-state index < -0.39 is 6.04 Å². The minimum atomic E-state index is -0.802. The number of hydrogen-bond donors (Lipinski definition) is 0. The second-order valence-electron chi connectivity index (χ2n) is 8.38. The van der Waals surface area contributed by atoms with Crippen molar-refractivity contribution in [2.45, 2.75) is 58.0 Å². The summed E-state index contributed by atoms with van der Waals surface area (Å²) in [6.45, 7) is 2.70. The molecule has 1 atom stereocenters. The first kappa shape index (κ1) is 22.0. The molecule has 1 saturated carbocycles. The Morgan fingerprint density at radius 2 is 1.88 bits per heavy atom. The topological polar surface area (TPSA) is 79.8 Å². The quantitative estimate of drug-likeness (QED) is 0.619. The van der Waals surface area contributed by atoms with E-state index in [0.717, 1.165) is 37.7 Å². The second kappa shape index (κ2) is 9.94. The summed E-state index contributed by atoms with van der Waals surface area (Å²) in [7, 11) is 0. The van der Waals surface area contributed by atoms with Crippen molar-refractivity contribution < 1.29 is 19.1 Å². The van der Waals surface area contributed by atoms with Crippen molar-refractivity contribution in [1.29, 1.82) is 0 Å². The van der Waals surface area contributed by atoms with E-state index in [1.54, 1.807) is 41.6 Å². The van der Waals surface area contributed by atoms with Gasteiger partial charge in [0.2, 0.25) is 11.8 Å². The maximum atomic E-state index is 13.5. The average Bonchev–Trinajstić information content (AvgIpc) is 3.12. The zero-order valence-electron chi connectivity index (χ0n) is 18.4. The Morgan fingerprint density at radius 1 is 1.12 bits per heavy atom. The van der Waals surface area contributed by atoms with Gasteiger partial charge in [0.15, 0.2) is 0 Å². The third-order valence-electron chi connectivity index (χ3n) is 6.22. The van der Waals surface area contributed by atoms with Crippen molar-refractivity contribution >= 4 is 23.4 Å². The fraction of sp³-hybridized carbons (Fsp3) is 0.440. The molecule has 2 fully saturated rings. The molecule has 1 aliphatic heterocycles. The number of aromatic nitrogens is 1. The summed E-state index contributed by atoms with van der Waals surface area (Å²) in [5, 5.41) is 0. The van der Waals surface area contributed by atoms with Crippen LogP contribution >= 0.6 is 0 Å². The summed E-state index contributed by atoms with van der Waals surface area (Å²) >= 11 is 0. The number of imide groups is 1. The lowest BCUT2D eigenvalue weighted by Crippen LogP contribution is -2.47. The van der Waals surface area contributed by atoms with Crippen molar-refractivity contribution in [3.8, 4) is 5.75 Å². The molecule has 32 heavy (non-hydrogen) atoms.